The van der Waals surface area contributed by atoms with Crippen molar-refractivity contribution in [1.82, 2.24) is 5.32 Å². The van der Waals surface area contributed by atoms with Crippen LogP contribution in [0.15, 0.2) is 11.4 Å². The highest BCUT2D eigenvalue weighted by Crippen LogP contribution is 2.23. The number of amides is 1. The number of carbonyl (C=O) groups excluding carboxylic acids is 1. The fraction of sp³-hybridized carbons (Fsp3) is 0.643. The Morgan fingerprint density at radius 3 is 2.88 bits per heavy atom. The van der Waals surface area contributed by atoms with E-state index in [0.29, 0.717) is 5.92 Å². The van der Waals surface area contributed by atoms with Gasteiger partial charge in [0.15, 0.2) is 0 Å². The molecule has 1 fully saturated rings. The van der Waals surface area contributed by atoms with Gasteiger partial charge >= 0.3 is 0 Å². The largest absolute Gasteiger partial charge is 0.351 e. The molecule has 0 saturated heterocycles. The van der Waals surface area contributed by atoms with E-state index in [1.165, 1.54) is 37.7 Å². The van der Waals surface area contributed by atoms with E-state index in [0.717, 1.165) is 17.8 Å². The van der Waals surface area contributed by atoms with Crippen molar-refractivity contribution in [3.63, 3.8) is 0 Å². The third-order valence-corrected chi connectivity index (χ3v) is 4.57. The molecule has 17 heavy (non-hydrogen) atoms. The quantitative estimate of drug-likeness (QED) is 0.870. The molecule has 1 N–H and O–H groups in total. The highest BCUT2D eigenvalue weighted by molar-refractivity contribution is 7.12. The third kappa shape index (κ3) is 3.32. The fourth-order valence-electron chi connectivity index (χ4n) is 2.52. The Morgan fingerprint density at radius 2 is 2.18 bits per heavy atom. The van der Waals surface area contributed by atoms with E-state index >= 15 is 0 Å². The number of rotatable bonds is 4. The van der Waals surface area contributed by atoms with E-state index in [4.69, 9.17) is 0 Å². The van der Waals surface area contributed by atoms with Gasteiger partial charge < -0.3 is 5.32 Å². The summed E-state index contributed by atoms with van der Waals surface area (Å²) in [6.07, 6.45) is 7.54. The monoisotopic (exact) mass is 251 g/mol. The Labute approximate surface area is 107 Å². The molecule has 1 saturated carbocycles. The van der Waals surface area contributed by atoms with Crippen molar-refractivity contribution < 1.29 is 4.79 Å². The molecule has 0 aromatic carbocycles. The number of nitrogens with one attached hydrogen (secondary N) is 1. The first-order chi connectivity index (χ1) is 8.31. The van der Waals surface area contributed by atoms with Crippen LogP contribution in [0.1, 0.15) is 54.3 Å². The predicted octanol–water partition coefficient (Wildman–Crippen LogP) is 3.62. The van der Waals surface area contributed by atoms with Crippen LogP contribution in [-0.4, -0.2) is 12.5 Å². The van der Waals surface area contributed by atoms with Crippen molar-refractivity contribution in [3.05, 3.63) is 21.9 Å². The Hall–Kier alpha value is -0.830. The summed E-state index contributed by atoms with van der Waals surface area (Å²) in [5, 5.41) is 5.11. The summed E-state index contributed by atoms with van der Waals surface area (Å²) in [4.78, 5) is 12.9. The lowest BCUT2D eigenvalue weighted by atomic mass is 9.89. The first-order valence-corrected chi connectivity index (χ1v) is 7.53. The van der Waals surface area contributed by atoms with E-state index in [1.54, 1.807) is 11.3 Å². The molecule has 1 aromatic heterocycles. The normalized spacial score (nSPS) is 17.0. The molecule has 94 valence electrons. The second-order valence-corrected chi connectivity index (χ2v) is 5.76. The van der Waals surface area contributed by atoms with Gasteiger partial charge in [-0.05, 0) is 42.2 Å². The number of aryl methyl sites for hydroxylation is 1. The maximum absolute atomic E-state index is 12.0. The van der Waals surface area contributed by atoms with Crippen LogP contribution in [0.2, 0.25) is 0 Å². The van der Waals surface area contributed by atoms with Crippen molar-refractivity contribution in [3.8, 4) is 0 Å². The number of carbonyl (C=O) groups is 1. The molecule has 0 aliphatic heterocycles. The SMILES string of the molecule is CCc1ccsc1C(=O)NCC1CCCCC1. The van der Waals surface area contributed by atoms with E-state index in [1.807, 2.05) is 5.38 Å². The molecule has 0 unspecified atom stereocenters. The molecular formula is C14H21NOS. The van der Waals surface area contributed by atoms with E-state index in [2.05, 4.69) is 18.3 Å². The molecule has 1 amide bonds. The van der Waals surface area contributed by atoms with Gasteiger partial charge in [-0.25, -0.2) is 0 Å². The van der Waals surface area contributed by atoms with Gasteiger partial charge in [0.2, 0.25) is 0 Å². The number of hydrogen-bond acceptors (Lipinski definition) is 2. The van der Waals surface area contributed by atoms with Crippen molar-refractivity contribution in [1.29, 1.82) is 0 Å². The molecule has 0 radical (unpaired) electrons. The molecule has 0 bridgehead atoms. The topological polar surface area (TPSA) is 29.1 Å². The summed E-state index contributed by atoms with van der Waals surface area (Å²) in [5.74, 6) is 0.833. The Bertz CT molecular complexity index is 366. The molecule has 1 aliphatic rings. The van der Waals surface area contributed by atoms with E-state index < -0.39 is 0 Å². The van der Waals surface area contributed by atoms with Gasteiger partial charge in [0.25, 0.3) is 5.91 Å². The van der Waals surface area contributed by atoms with Crippen LogP contribution in [0.4, 0.5) is 0 Å². The minimum atomic E-state index is 0.127. The van der Waals surface area contributed by atoms with Gasteiger partial charge in [-0.2, -0.15) is 0 Å². The molecule has 2 rings (SSSR count). The Balaban J connectivity index is 1.84. The van der Waals surface area contributed by atoms with Gasteiger partial charge in [0, 0.05) is 6.54 Å². The Morgan fingerprint density at radius 1 is 1.41 bits per heavy atom. The minimum absolute atomic E-state index is 0.127. The lowest BCUT2D eigenvalue weighted by Gasteiger charge is -2.21. The maximum Gasteiger partial charge on any atom is 0.261 e. The van der Waals surface area contributed by atoms with Crippen molar-refractivity contribution in [2.24, 2.45) is 5.92 Å². The summed E-state index contributed by atoms with van der Waals surface area (Å²) in [6.45, 7) is 2.96. The molecule has 1 heterocycles. The predicted molar refractivity (Wildman–Crippen MR) is 72.6 cm³/mol. The fourth-order valence-corrected chi connectivity index (χ4v) is 3.43. The molecule has 3 heteroatoms. The van der Waals surface area contributed by atoms with Crippen LogP contribution < -0.4 is 5.32 Å². The number of thiophene rings is 1. The van der Waals surface area contributed by atoms with Gasteiger partial charge in [-0.3, -0.25) is 4.79 Å². The second kappa shape index (κ2) is 6.20. The van der Waals surface area contributed by atoms with Gasteiger partial charge in [0.1, 0.15) is 0 Å². The second-order valence-electron chi connectivity index (χ2n) is 4.84. The summed E-state index contributed by atoms with van der Waals surface area (Å²) >= 11 is 1.56. The molecule has 1 aromatic rings. The lowest BCUT2D eigenvalue weighted by Crippen LogP contribution is -2.30. The molecule has 1 aliphatic carbocycles. The van der Waals surface area contributed by atoms with Crippen LogP contribution in [-0.2, 0) is 6.42 Å². The van der Waals surface area contributed by atoms with Crippen LogP contribution in [0.5, 0.6) is 0 Å². The van der Waals surface area contributed by atoms with Crippen molar-refractivity contribution in [2.75, 3.05) is 6.54 Å². The highest BCUT2D eigenvalue weighted by atomic mass is 32.1. The number of hydrogen-bond donors (Lipinski definition) is 1. The zero-order valence-corrected chi connectivity index (χ0v) is 11.3. The standard InChI is InChI=1S/C14H21NOS/c1-2-12-8-9-17-13(12)14(16)15-10-11-6-4-3-5-7-11/h8-9,11H,2-7,10H2,1H3,(H,15,16). The average Bonchev–Trinajstić information content (AvgIpc) is 2.85. The minimum Gasteiger partial charge on any atom is -0.351 e. The van der Waals surface area contributed by atoms with Gasteiger partial charge in [-0.1, -0.05) is 26.2 Å². The third-order valence-electron chi connectivity index (χ3n) is 3.61. The zero-order valence-electron chi connectivity index (χ0n) is 10.5. The van der Waals surface area contributed by atoms with Gasteiger partial charge in [0.05, 0.1) is 4.88 Å². The summed E-state index contributed by atoms with van der Waals surface area (Å²) in [5.41, 5.74) is 1.18. The van der Waals surface area contributed by atoms with Crippen molar-refractivity contribution >= 4 is 17.2 Å². The van der Waals surface area contributed by atoms with E-state index in [9.17, 15) is 4.79 Å². The summed E-state index contributed by atoms with van der Waals surface area (Å²) in [6, 6.07) is 2.06. The molecular weight excluding hydrogens is 230 g/mol. The lowest BCUT2D eigenvalue weighted by molar-refractivity contribution is 0.0947. The Kier molecular flexibility index (Phi) is 4.60. The summed E-state index contributed by atoms with van der Waals surface area (Å²) < 4.78 is 0. The molecule has 0 atom stereocenters. The molecule has 0 spiro atoms. The first-order valence-electron chi connectivity index (χ1n) is 6.65. The van der Waals surface area contributed by atoms with Crippen LogP contribution >= 0.6 is 11.3 Å². The van der Waals surface area contributed by atoms with E-state index in [-0.39, 0.29) is 5.91 Å². The van der Waals surface area contributed by atoms with Crippen LogP contribution in [0, 0.1) is 5.92 Å². The van der Waals surface area contributed by atoms with Crippen molar-refractivity contribution in [2.45, 2.75) is 45.4 Å². The first kappa shape index (κ1) is 12.6. The molecule has 2 nitrogen and oxygen atoms in total. The zero-order chi connectivity index (χ0) is 12.1. The van der Waals surface area contributed by atoms with Crippen LogP contribution in [0.25, 0.3) is 0 Å². The highest BCUT2D eigenvalue weighted by Gasteiger charge is 2.16. The smallest absolute Gasteiger partial charge is 0.261 e. The summed E-state index contributed by atoms with van der Waals surface area (Å²) in [7, 11) is 0. The van der Waals surface area contributed by atoms with Gasteiger partial charge in [-0.15, -0.1) is 11.3 Å². The van der Waals surface area contributed by atoms with Crippen LogP contribution in [0.3, 0.4) is 0 Å². The maximum atomic E-state index is 12.0. The average molecular weight is 251 g/mol.